The molecule has 1 saturated heterocycles. The molecule has 114 valence electrons. The summed E-state index contributed by atoms with van der Waals surface area (Å²) in [6, 6.07) is 7.62. The minimum absolute atomic E-state index is 0.00545. The topological polar surface area (TPSA) is 66.8 Å². The van der Waals surface area contributed by atoms with Crippen LogP contribution in [-0.4, -0.2) is 42.1 Å². The smallest absolute Gasteiger partial charge is 0.311 e. The molecule has 1 amide bonds. The monoisotopic (exact) mass is 291 g/mol. The molecule has 2 rings (SSSR count). The zero-order valence-electron chi connectivity index (χ0n) is 12.5. The minimum Gasteiger partial charge on any atom is -0.496 e. The Labute approximate surface area is 124 Å². The molecule has 0 aliphatic carbocycles. The van der Waals surface area contributed by atoms with Gasteiger partial charge in [0.25, 0.3) is 0 Å². The summed E-state index contributed by atoms with van der Waals surface area (Å²) in [5.41, 5.74) is 0.189. The van der Waals surface area contributed by atoms with Crippen LogP contribution in [-0.2, 0) is 16.0 Å². The number of hydrogen-bond donors (Lipinski definition) is 1. The lowest BCUT2D eigenvalue weighted by molar-refractivity contribution is -0.147. The van der Waals surface area contributed by atoms with Crippen molar-refractivity contribution in [1.82, 2.24) is 4.90 Å². The third-order valence-electron chi connectivity index (χ3n) is 4.14. The van der Waals surface area contributed by atoms with Gasteiger partial charge in [0.1, 0.15) is 5.75 Å². The first-order chi connectivity index (χ1) is 9.96. The molecule has 0 saturated carbocycles. The number of amides is 1. The van der Waals surface area contributed by atoms with Crippen molar-refractivity contribution in [3.8, 4) is 5.75 Å². The second-order valence-corrected chi connectivity index (χ2v) is 5.74. The first-order valence-corrected chi connectivity index (χ1v) is 7.09. The van der Waals surface area contributed by atoms with Gasteiger partial charge < -0.3 is 14.7 Å². The second-order valence-electron chi connectivity index (χ2n) is 5.74. The Morgan fingerprint density at radius 3 is 2.71 bits per heavy atom. The van der Waals surface area contributed by atoms with E-state index >= 15 is 0 Å². The lowest BCUT2D eigenvalue weighted by Gasteiger charge is -2.20. The van der Waals surface area contributed by atoms with Crippen molar-refractivity contribution in [3.63, 3.8) is 0 Å². The van der Waals surface area contributed by atoms with E-state index in [4.69, 9.17) is 4.74 Å². The van der Waals surface area contributed by atoms with Gasteiger partial charge in [-0.15, -0.1) is 0 Å². The quantitative estimate of drug-likeness (QED) is 0.900. The van der Waals surface area contributed by atoms with Gasteiger partial charge in [-0.1, -0.05) is 18.2 Å². The summed E-state index contributed by atoms with van der Waals surface area (Å²) in [6.07, 6.45) is 1.49. The number of methoxy groups -OCH3 is 1. The SMILES string of the molecule is COc1ccccc1CCC(=O)N1CC[C@](C)(C(=O)O)C1. The van der Waals surface area contributed by atoms with E-state index in [0.29, 0.717) is 32.4 Å². The summed E-state index contributed by atoms with van der Waals surface area (Å²) in [4.78, 5) is 25.1. The Bertz CT molecular complexity index is 543. The second kappa shape index (κ2) is 6.16. The fourth-order valence-corrected chi connectivity index (χ4v) is 2.66. The van der Waals surface area contributed by atoms with E-state index in [1.165, 1.54) is 0 Å². The fourth-order valence-electron chi connectivity index (χ4n) is 2.66. The van der Waals surface area contributed by atoms with Crippen LogP contribution in [0.4, 0.5) is 0 Å². The van der Waals surface area contributed by atoms with Crippen LogP contribution in [0.5, 0.6) is 5.75 Å². The number of benzene rings is 1. The first kappa shape index (κ1) is 15.4. The summed E-state index contributed by atoms with van der Waals surface area (Å²) in [5, 5.41) is 9.19. The molecule has 1 aromatic rings. The van der Waals surface area contributed by atoms with E-state index in [1.807, 2.05) is 24.3 Å². The molecule has 1 aliphatic heterocycles. The molecule has 1 fully saturated rings. The summed E-state index contributed by atoms with van der Waals surface area (Å²) < 4.78 is 5.27. The molecule has 1 atom stereocenters. The number of carboxylic acids is 1. The lowest BCUT2D eigenvalue weighted by atomic mass is 9.90. The molecule has 0 radical (unpaired) electrons. The van der Waals surface area contributed by atoms with Crippen molar-refractivity contribution >= 4 is 11.9 Å². The first-order valence-electron chi connectivity index (χ1n) is 7.09. The van der Waals surface area contributed by atoms with Crippen LogP contribution in [0.1, 0.15) is 25.3 Å². The average Bonchev–Trinajstić information content (AvgIpc) is 2.89. The van der Waals surface area contributed by atoms with Crippen LogP contribution in [0.3, 0.4) is 0 Å². The molecular weight excluding hydrogens is 270 g/mol. The van der Waals surface area contributed by atoms with E-state index in [1.54, 1.807) is 18.9 Å². The third-order valence-corrected chi connectivity index (χ3v) is 4.14. The van der Waals surface area contributed by atoms with E-state index in [-0.39, 0.29) is 5.91 Å². The van der Waals surface area contributed by atoms with Crippen molar-refractivity contribution in [2.24, 2.45) is 5.41 Å². The van der Waals surface area contributed by atoms with E-state index in [2.05, 4.69) is 0 Å². The summed E-state index contributed by atoms with van der Waals surface area (Å²) in [5.74, 6) is -0.0458. The van der Waals surface area contributed by atoms with Crippen molar-refractivity contribution in [2.75, 3.05) is 20.2 Å². The molecular formula is C16H21NO4. The van der Waals surface area contributed by atoms with Gasteiger partial charge in [-0.05, 0) is 31.4 Å². The van der Waals surface area contributed by atoms with Gasteiger partial charge in [0, 0.05) is 19.5 Å². The number of likely N-dealkylation sites (tertiary alicyclic amines) is 1. The molecule has 1 heterocycles. The number of nitrogens with zero attached hydrogens (tertiary/aromatic N) is 1. The number of carbonyl (C=O) groups excluding carboxylic acids is 1. The van der Waals surface area contributed by atoms with Crippen molar-refractivity contribution in [2.45, 2.75) is 26.2 Å². The largest absolute Gasteiger partial charge is 0.496 e. The van der Waals surface area contributed by atoms with Gasteiger partial charge in [-0.2, -0.15) is 0 Å². The maximum atomic E-state index is 12.2. The number of hydrogen-bond acceptors (Lipinski definition) is 3. The number of aliphatic carboxylic acids is 1. The van der Waals surface area contributed by atoms with E-state index in [0.717, 1.165) is 11.3 Å². The van der Waals surface area contributed by atoms with Gasteiger partial charge in [-0.25, -0.2) is 0 Å². The van der Waals surface area contributed by atoms with E-state index < -0.39 is 11.4 Å². The number of aryl methyl sites for hydroxylation is 1. The highest BCUT2D eigenvalue weighted by Crippen LogP contribution is 2.30. The minimum atomic E-state index is -0.831. The number of para-hydroxylation sites is 1. The van der Waals surface area contributed by atoms with Crippen LogP contribution in [0.15, 0.2) is 24.3 Å². The van der Waals surface area contributed by atoms with Gasteiger partial charge in [0.2, 0.25) is 5.91 Å². The molecule has 0 aromatic heterocycles. The predicted molar refractivity (Wildman–Crippen MR) is 78.3 cm³/mol. The summed E-state index contributed by atoms with van der Waals surface area (Å²) >= 11 is 0. The van der Waals surface area contributed by atoms with Gasteiger partial charge in [-0.3, -0.25) is 9.59 Å². The average molecular weight is 291 g/mol. The molecule has 0 unspecified atom stereocenters. The molecule has 0 bridgehead atoms. The third kappa shape index (κ3) is 3.35. The number of rotatable bonds is 5. The fraction of sp³-hybridized carbons (Fsp3) is 0.500. The highest BCUT2D eigenvalue weighted by molar-refractivity contribution is 5.80. The van der Waals surface area contributed by atoms with Gasteiger partial charge in [0.05, 0.1) is 12.5 Å². The molecule has 1 N–H and O–H groups in total. The maximum Gasteiger partial charge on any atom is 0.311 e. The highest BCUT2D eigenvalue weighted by atomic mass is 16.5. The number of carbonyl (C=O) groups is 2. The van der Waals surface area contributed by atoms with Gasteiger partial charge >= 0.3 is 5.97 Å². The van der Waals surface area contributed by atoms with Crippen LogP contribution in [0.25, 0.3) is 0 Å². The van der Waals surface area contributed by atoms with E-state index in [9.17, 15) is 14.7 Å². The Morgan fingerprint density at radius 1 is 1.38 bits per heavy atom. The summed E-state index contributed by atoms with van der Waals surface area (Å²) in [6.45, 7) is 2.52. The molecule has 1 aliphatic rings. The van der Waals surface area contributed by atoms with Crippen LogP contribution in [0.2, 0.25) is 0 Å². The van der Waals surface area contributed by atoms with Crippen molar-refractivity contribution < 1.29 is 19.4 Å². The van der Waals surface area contributed by atoms with Crippen LogP contribution in [0, 0.1) is 5.41 Å². The molecule has 0 spiro atoms. The Balaban J connectivity index is 1.93. The Morgan fingerprint density at radius 2 is 2.10 bits per heavy atom. The lowest BCUT2D eigenvalue weighted by Crippen LogP contribution is -2.34. The zero-order chi connectivity index (χ0) is 15.5. The van der Waals surface area contributed by atoms with Crippen molar-refractivity contribution in [1.29, 1.82) is 0 Å². The predicted octanol–water partition coefficient (Wildman–Crippen LogP) is 1.95. The maximum absolute atomic E-state index is 12.2. The standard InChI is InChI=1S/C16H21NO4/c1-16(15(19)20)9-10-17(11-16)14(18)8-7-12-5-3-4-6-13(12)21-2/h3-6H,7-11H2,1-2H3,(H,19,20)/t16-/m0/s1. The van der Waals surface area contributed by atoms with Crippen molar-refractivity contribution in [3.05, 3.63) is 29.8 Å². The molecule has 21 heavy (non-hydrogen) atoms. The number of carboxylic acid groups (broad SMARTS) is 1. The Kier molecular flexibility index (Phi) is 4.50. The zero-order valence-corrected chi connectivity index (χ0v) is 12.5. The molecule has 1 aromatic carbocycles. The number of ether oxygens (including phenoxy) is 1. The van der Waals surface area contributed by atoms with Crippen LogP contribution >= 0.6 is 0 Å². The summed E-state index contributed by atoms with van der Waals surface area (Å²) in [7, 11) is 1.61. The Hall–Kier alpha value is -2.04. The van der Waals surface area contributed by atoms with Gasteiger partial charge in [0.15, 0.2) is 0 Å². The molecule has 5 heteroatoms. The van der Waals surface area contributed by atoms with Crippen LogP contribution < -0.4 is 4.74 Å². The normalized spacial score (nSPS) is 21.3. The molecule has 5 nitrogen and oxygen atoms in total. The highest BCUT2D eigenvalue weighted by Gasteiger charge is 2.41.